The molecule has 0 saturated heterocycles. The number of amides is 2. The molecule has 3 rings (SSSR count). The third kappa shape index (κ3) is 4.37. The molecule has 0 aliphatic carbocycles. The summed E-state index contributed by atoms with van der Waals surface area (Å²) in [6.07, 6.45) is 0. The van der Waals surface area contributed by atoms with Crippen LogP contribution in [0, 0.1) is 13.8 Å². The van der Waals surface area contributed by atoms with Gasteiger partial charge < -0.3 is 10.5 Å². The first-order valence-corrected chi connectivity index (χ1v) is 9.58. The van der Waals surface area contributed by atoms with E-state index in [1.165, 1.54) is 18.3 Å². The van der Waals surface area contributed by atoms with Crippen LogP contribution in [0.3, 0.4) is 0 Å². The minimum atomic E-state index is -0.545. The number of aromatic nitrogens is 1. The molecule has 2 N–H and O–H groups in total. The molecule has 0 fully saturated rings. The fourth-order valence-corrected chi connectivity index (χ4v) is 3.64. The van der Waals surface area contributed by atoms with E-state index in [0.717, 1.165) is 16.8 Å². The second-order valence-electron chi connectivity index (χ2n) is 6.47. The molecule has 2 amide bonds. The number of carbonyl (C=O) groups excluding carboxylic acids is 2. The molecule has 1 aromatic heterocycles. The highest BCUT2D eigenvalue weighted by atomic mass is 32.1. The number of carbonyl (C=O) groups is 2. The Labute approximate surface area is 167 Å². The molecule has 144 valence electrons. The van der Waals surface area contributed by atoms with Crippen LogP contribution in [-0.2, 0) is 11.4 Å². The molecule has 7 heteroatoms. The fraction of sp³-hybridized carbons (Fsp3) is 0.190. The van der Waals surface area contributed by atoms with Gasteiger partial charge in [-0.2, -0.15) is 0 Å². The van der Waals surface area contributed by atoms with Gasteiger partial charge in [0.1, 0.15) is 12.4 Å². The molecule has 28 heavy (non-hydrogen) atoms. The number of aryl methyl sites for hydroxylation is 2. The zero-order chi connectivity index (χ0) is 20.3. The molecule has 1 heterocycles. The lowest BCUT2D eigenvalue weighted by atomic mass is 10.1. The van der Waals surface area contributed by atoms with Crippen LogP contribution < -0.4 is 15.4 Å². The first kappa shape index (κ1) is 19.6. The molecule has 0 aliphatic rings. The van der Waals surface area contributed by atoms with Crippen LogP contribution in [-0.4, -0.2) is 16.8 Å². The van der Waals surface area contributed by atoms with Gasteiger partial charge in [0.25, 0.3) is 5.91 Å². The monoisotopic (exact) mass is 395 g/mol. The summed E-state index contributed by atoms with van der Waals surface area (Å²) < 4.78 is 5.78. The molecule has 3 aromatic rings. The number of hydrogen-bond donors (Lipinski definition) is 1. The lowest BCUT2D eigenvalue weighted by molar-refractivity contribution is -0.115. The molecule has 0 unspecified atom stereocenters. The molecule has 6 nitrogen and oxygen atoms in total. The number of ether oxygens (including phenoxy) is 1. The molecule has 0 atom stereocenters. The lowest BCUT2D eigenvalue weighted by Crippen LogP contribution is -2.22. The normalized spacial score (nSPS) is 10.5. The number of nitrogens with zero attached hydrogens (tertiary/aromatic N) is 2. The first-order chi connectivity index (χ1) is 13.3. The van der Waals surface area contributed by atoms with Gasteiger partial charge in [0.05, 0.1) is 16.9 Å². The third-order valence-electron chi connectivity index (χ3n) is 4.08. The average molecular weight is 395 g/mol. The van der Waals surface area contributed by atoms with Gasteiger partial charge in [-0.15, -0.1) is 11.3 Å². The van der Waals surface area contributed by atoms with E-state index in [-0.39, 0.29) is 12.5 Å². The topological polar surface area (TPSA) is 85.5 Å². The molecule has 0 saturated carbocycles. The highest BCUT2D eigenvalue weighted by Crippen LogP contribution is 2.30. The van der Waals surface area contributed by atoms with Crippen molar-refractivity contribution in [1.82, 2.24) is 4.98 Å². The van der Waals surface area contributed by atoms with Gasteiger partial charge in [-0.25, -0.2) is 4.98 Å². The van der Waals surface area contributed by atoms with Gasteiger partial charge in [-0.3, -0.25) is 14.5 Å². The van der Waals surface area contributed by atoms with Crippen LogP contribution in [0.25, 0.3) is 0 Å². The van der Waals surface area contributed by atoms with Gasteiger partial charge in [0.2, 0.25) is 5.91 Å². The van der Waals surface area contributed by atoms with E-state index < -0.39 is 5.91 Å². The van der Waals surface area contributed by atoms with Crippen LogP contribution in [0.2, 0.25) is 0 Å². The number of nitrogens with two attached hydrogens (primary N) is 1. The van der Waals surface area contributed by atoms with Crippen molar-refractivity contribution < 1.29 is 14.3 Å². The number of hydrogen-bond acceptors (Lipinski definition) is 5. The van der Waals surface area contributed by atoms with Crippen molar-refractivity contribution in [2.45, 2.75) is 27.4 Å². The highest BCUT2D eigenvalue weighted by molar-refractivity contribution is 7.14. The predicted octanol–water partition coefficient (Wildman–Crippen LogP) is 4.12. The summed E-state index contributed by atoms with van der Waals surface area (Å²) in [4.78, 5) is 29.9. The minimum absolute atomic E-state index is 0.123. The molecule has 0 spiro atoms. The highest BCUT2D eigenvalue weighted by Gasteiger charge is 2.18. The Morgan fingerprint density at radius 1 is 1.14 bits per heavy atom. The number of primary amides is 1. The molecule has 0 aliphatic heterocycles. The van der Waals surface area contributed by atoms with Crippen molar-refractivity contribution in [2.24, 2.45) is 5.73 Å². The lowest BCUT2D eigenvalue weighted by Gasteiger charge is -2.18. The summed E-state index contributed by atoms with van der Waals surface area (Å²) in [5.74, 6) is -0.248. The molecule has 2 aromatic carbocycles. The van der Waals surface area contributed by atoms with Crippen molar-refractivity contribution in [3.63, 3.8) is 0 Å². The average Bonchev–Trinajstić information content (AvgIpc) is 3.08. The standard InChI is InChI=1S/C21H21N3O3S/c1-13-5-4-6-17(9-13)24(15(3)25)21-23-16(12-28-21)11-27-19-10-14(2)7-8-18(19)20(22)26/h4-10,12H,11H2,1-3H3,(H2,22,26). The quantitative estimate of drug-likeness (QED) is 0.680. The second-order valence-corrected chi connectivity index (χ2v) is 7.30. The van der Waals surface area contributed by atoms with E-state index in [1.807, 2.05) is 43.5 Å². The minimum Gasteiger partial charge on any atom is -0.486 e. The number of rotatable bonds is 6. The Balaban J connectivity index is 1.81. The molecular weight excluding hydrogens is 374 g/mol. The van der Waals surface area contributed by atoms with Crippen LogP contribution in [0.5, 0.6) is 5.75 Å². The van der Waals surface area contributed by atoms with Crippen LogP contribution in [0.15, 0.2) is 47.8 Å². The van der Waals surface area contributed by atoms with Crippen molar-refractivity contribution >= 4 is 34.0 Å². The summed E-state index contributed by atoms with van der Waals surface area (Å²) in [5, 5.41) is 2.40. The zero-order valence-electron chi connectivity index (χ0n) is 15.9. The molecule has 0 bridgehead atoms. The zero-order valence-corrected chi connectivity index (χ0v) is 16.7. The Bertz CT molecular complexity index is 1030. The van der Waals surface area contributed by atoms with E-state index in [9.17, 15) is 9.59 Å². The Morgan fingerprint density at radius 3 is 2.57 bits per heavy atom. The summed E-state index contributed by atoms with van der Waals surface area (Å²) in [7, 11) is 0. The van der Waals surface area contributed by atoms with Gasteiger partial charge >= 0.3 is 0 Å². The summed E-state index contributed by atoms with van der Waals surface area (Å²) >= 11 is 1.36. The summed E-state index contributed by atoms with van der Waals surface area (Å²) in [5.41, 5.74) is 9.18. The maximum Gasteiger partial charge on any atom is 0.252 e. The van der Waals surface area contributed by atoms with Gasteiger partial charge in [-0.05, 0) is 49.2 Å². The number of anilines is 2. The van der Waals surface area contributed by atoms with E-state index in [4.69, 9.17) is 10.5 Å². The SMILES string of the molecule is CC(=O)N(c1cccc(C)c1)c1nc(COc2cc(C)ccc2C(N)=O)cs1. The number of thiazole rings is 1. The van der Waals surface area contributed by atoms with E-state index in [2.05, 4.69) is 4.98 Å². The Morgan fingerprint density at radius 2 is 1.89 bits per heavy atom. The maximum atomic E-state index is 12.2. The van der Waals surface area contributed by atoms with E-state index in [1.54, 1.807) is 23.1 Å². The Hall–Kier alpha value is -3.19. The first-order valence-electron chi connectivity index (χ1n) is 8.70. The predicted molar refractivity (Wildman–Crippen MR) is 110 cm³/mol. The summed E-state index contributed by atoms with van der Waals surface area (Å²) in [6.45, 7) is 5.55. The van der Waals surface area contributed by atoms with E-state index in [0.29, 0.717) is 22.1 Å². The van der Waals surface area contributed by atoms with Crippen molar-refractivity contribution in [3.8, 4) is 5.75 Å². The molecular formula is C21H21N3O3S. The fourth-order valence-electron chi connectivity index (χ4n) is 2.76. The largest absolute Gasteiger partial charge is 0.486 e. The van der Waals surface area contributed by atoms with Crippen LogP contribution in [0.1, 0.15) is 34.1 Å². The van der Waals surface area contributed by atoms with Crippen molar-refractivity contribution in [2.75, 3.05) is 4.90 Å². The van der Waals surface area contributed by atoms with Crippen LogP contribution >= 0.6 is 11.3 Å². The smallest absolute Gasteiger partial charge is 0.252 e. The van der Waals surface area contributed by atoms with Crippen LogP contribution in [0.4, 0.5) is 10.8 Å². The van der Waals surface area contributed by atoms with Crippen molar-refractivity contribution in [1.29, 1.82) is 0 Å². The van der Waals surface area contributed by atoms with Gasteiger partial charge in [0, 0.05) is 12.3 Å². The Kier molecular flexibility index (Phi) is 5.75. The maximum absolute atomic E-state index is 12.2. The van der Waals surface area contributed by atoms with Gasteiger partial charge in [0.15, 0.2) is 5.13 Å². The summed E-state index contributed by atoms with van der Waals surface area (Å²) in [6, 6.07) is 12.9. The van der Waals surface area contributed by atoms with Gasteiger partial charge in [-0.1, -0.05) is 18.2 Å². The van der Waals surface area contributed by atoms with Crippen molar-refractivity contribution in [3.05, 3.63) is 70.2 Å². The third-order valence-corrected chi connectivity index (χ3v) is 4.96. The number of benzene rings is 2. The second kappa shape index (κ2) is 8.22. The molecule has 0 radical (unpaired) electrons. The van der Waals surface area contributed by atoms with E-state index >= 15 is 0 Å².